The van der Waals surface area contributed by atoms with E-state index in [1.165, 1.54) is 0 Å². The van der Waals surface area contributed by atoms with Gasteiger partial charge in [0.1, 0.15) is 6.61 Å². The van der Waals surface area contributed by atoms with Gasteiger partial charge in [-0.15, -0.1) is 0 Å². The molecule has 0 atom stereocenters. The van der Waals surface area contributed by atoms with Crippen molar-refractivity contribution in [2.75, 3.05) is 19.8 Å². The lowest BCUT2D eigenvalue weighted by molar-refractivity contribution is -0.148. The van der Waals surface area contributed by atoms with E-state index in [0.717, 1.165) is 6.42 Å². The molecule has 0 aliphatic rings. The summed E-state index contributed by atoms with van der Waals surface area (Å²) in [5.41, 5.74) is 0. The fraction of sp³-hybridized carbons (Fsp3) is 0.778. The second-order valence-corrected chi connectivity index (χ2v) is 2.73. The van der Waals surface area contributed by atoms with E-state index in [2.05, 4.69) is 0 Å². The summed E-state index contributed by atoms with van der Waals surface area (Å²) in [6.07, 6.45) is 0.657. The minimum Gasteiger partial charge on any atom is -0.481 e. The van der Waals surface area contributed by atoms with Crippen LogP contribution in [-0.4, -0.2) is 36.9 Å². The Hall–Kier alpha value is -1.10. The van der Waals surface area contributed by atoms with E-state index in [1.807, 2.05) is 6.92 Å². The monoisotopic (exact) mass is 204 g/mol. The number of ether oxygens (including phenoxy) is 2. The van der Waals surface area contributed by atoms with Crippen molar-refractivity contribution >= 4 is 11.9 Å². The lowest BCUT2D eigenvalue weighted by Gasteiger charge is -2.04. The molecular weight excluding hydrogens is 188 g/mol. The van der Waals surface area contributed by atoms with Crippen LogP contribution in [0.4, 0.5) is 0 Å². The molecule has 5 nitrogen and oxygen atoms in total. The molecule has 0 heterocycles. The van der Waals surface area contributed by atoms with Gasteiger partial charge in [0.05, 0.1) is 19.4 Å². The van der Waals surface area contributed by atoms with Gasteiger partial charge in [-0.05, 0) is 6.42 Å². The zero-order valence-corrected chi connectivity index (χ0v) is 8.32. The molecule has 0 radical (unpaired) electrons. The average molecular weight is 204 g/mol. The summed E-state index contributed by atoms with van der Waals surface area (Å²) in [5.74, 6) is -1.49. The fourth-order valence-electron chi connectivity index (χ4n) is 0.742. The van der Waals surface area contributed by atoms with Gasteiger partial charge in [-0.3, -0.25) is 9.59 Å². The first-order valence-electron chi connectivity index (χ1n) is 4.62. The van der Waals surface area contributed by atoms with Crippen LogP contribution in [0.1, 0.15) is 26.2 Å². The smallest absolute Gasteiger partial charge is 0.306 e. The highest BCUT2D eigenvalue weighted by molar-refractivity contribution is 5.76. The number of rotatable bonds is 8. The maximum Gasteiger partial charge on any atom is 0.306 e. The van der Waals surface area contributed by atoms with Gasteiger partial charge in [0.2, 0.25) is 0 Å². The van der Waals surface area contributed by atoms with Crippen LogP contribution in [0.15, 0.2) is 0 Å². The van der Waals surface area contributed by atoms with Gasteiger partial charge in [0.25, 0.3) is 0 Å². The molecule has 14 heavy (non-hydrogen) atoms. The summed E-state index contributed by atoms with van der Waals surface area (Å²) in [4.78, 5) is 20.9. The Morgan fingerprint density at radius 3 is 2.43 bits per heavy atom. The van der Waals surface area contributed by atoms with Gasteiger partial charge in [0.15, 0.2) is 0 Å². The van der Waals surface area contributed by atoms with Crippen LogP contribution in [-0.2, 0) is 19.1 Å². The summed E-state index contributed by atoms with van der Waals surface area (Å²) in [6.45, 7) is 3.19. The van der Waals surface area contributed by atoms with Crippen LogP contribution < -0.4 is 0 Å². The molecule has 0 spiro atoms. The number of aliphatic carboxylic acids is 1. The van der Waals surface area contributed by atoms with E-state index in [-0.39, 0.29) is 19.4 Å². The highest BCUT2D eigenvalue weighted by Crippen LogP contribution is 1.92. The molecule has 5 heteroatoms. The van der Waals surface area contributed by atoms with Gasteiger partial charge in [-0.1, -0.05) is 6.92 Å². The Kier molecular flexibility index (Phi) is 7.83. The Labute approximate surface area is 83.0 Å². The summed E-state index contributed by atoms with van der Waals surface area (Å²) in [6, 6.07) is 0. The van der Waals surface area contributed by atoms with Crippen molar-refractivity contribution in [3.05, 3.63) is 0 Å². The van der Waals surface area contributed by atoms with E-state index < -0.39 is 11.9 Å². The molecule has 0 amide bonds. The first-order chi connectivity index (χ1) is 6.66. The van der Waals surface area contributed by atoms with Crippen molar-refractivity contribution in [1.82, 2.24) is 0 Å². The first kappa shape index (κ1) is 12.9. The van der Waals surface area contributed by atoms with Crippen molar-refractivity contribution in [2.45, 2.75) is 26.2 Å². The number of carboxylic acid groups (broad SMARTS) is 1. The summed E-state index contributed by atoms with van der Waals surface area (Å²) < 4.78 is 9.78. The van der Waals surface area contributed by atoms with E-state index in [9.17, 15) is 9.59 Å². The molecule has 0 saturated heterocycles. The molecule has 0 aliphatic carbocycles. The minimum absolute atomic E-state index is 0.0802. The van der Waals surface area contributed by atoms with Crippen LogP contribution in [0, 0.1) is 0 Å². The highest BCUT2D eigenvalue weighted by Gasteiger charge is 2.05. The Morgan fingerprint density at radius 1 is 1.14 bits per heavy atom. The van der Waals surface area contributed by atoms with Gasteiger partial charge < -0.3 is 14.6 Å². The number of esters is 1. The molecule has 0 aromatic heterocycles. The zero-order valence-electron chi connectivity index (χ0n) is 8.32. The van der Waals surface area contributed by atoms with E-state index in [4.69, 9.17) is 14.6 Å². The van der Waals surface area contributed by atoms with E-state index in [1.54, 1.807) is 0 Å². The third-order valence-corrected chi connectivity index (χ3v) is 1.38. The average Bonchev–Trinajstić information content (AvgIpc) is 2.14. The molecule has 0 aliphatic heterocycles. The molecule has 1 N–H and O–H groups in total. The number of carboxylic acids is 1. The van der Waals surface area contributed by atoms with Crippen molar-refractivity contribution < 1.29 is 24.2 Å². The summed E-state index contributed by atoms with van der Waals surface area (Å²) in [5, 5.41) is 8.27. The highest BCUT2D eigenvalue weighted by atomic mass is 16.6. The minimum atomic E-state index is -0.996. The molecule has 0 unspecified atom stereocenters. The van der Waals surface area contributed by atoms with Gasteiger partial charge in [-0.25, -0.2) is 0 Å². The van der Waals surface area contributed by atoms with Crippen LogP contribution in [0.5, 0.6) is 0 Å². The second kappa shape index (κ2) is 8.50. The Balaban J connectivity index is 3.22. The van der Waals surface area contributed by atoms with Gasteiger partial charge >= 0.3 is 11.9 Å². The number of carbonyl (C=O) groups is 2. The van der Waals surface area contributed by atoms with Crippen molar-refractivity contribution in [3.8, 4) is 0 Å². The normalized spacial score (nSPS) is 9.79. The summed E-state index contributed by atoms with van der Waals surface area (Å²) in [7, 11) is 0. The van der Waals surface area contributed by atoms with E-state index in [0.29, 0.717) is 13.2 Å². The third-order valence-electron chi connectivity index (χ3n) is 1.38. The van der Waals surface area contributed by atoms with Crippen molar-refractivity contribution in [1.29, 1.82) is 0 Å². The Bertz CT molecular complexity index is 178. The zero-order chi connectivity index (χ0) is 10.8. The molecule has 0 aromatic carbocycles. The molecule has 0 aromatic rings. The largest absolute Gasteiger partial charge is 0.481 e. The van der Waals surface area contributed by atoms with Crippen molar-refractivity contribution in [2.24, 2.45) is 0 Å². The fourth-order valence-corrected chi connectivity index (χ4v) is 0.742. The maximum atomic E-state index is 10.8. The standard InChI is InChI=1S/C9H16O5/c1-2-5-13-6-7-14-9(12)4-3-8(10)11/h2-7H2,1H3,(H,10,11). The van der Waals surface area contributed by atoms with Crippen LogP contribution in [0.2, 0.25) is 0 Å². The van der Waals surface area contributed by atoms with Crippen LogP contribution >= 0.6 is 0 Å². The predicted molar refractivity (Wildman–Crippen MR) is 48.9 cm³/mol. The third kappa shape index (κ3) is 8.99. The number of hydrogen-bond donors (Lipinski definition) is 1. The van der Waals surface area contributed by atoms with Gasteiger partial charge in [0, 0.05) is 6.61 Å². The molecule has 0 rings (SSSR count). The molecular formula is C9H16O5. The van der Waals surface area contributed by atoms with E-state index >= 15 is 0 Å². The second-order valence-electron chi connectivity index (χ2n) is 2.73. The van der Waals surface area contributed by atoms with Gasteiger partial charge in [-0.2, -0.15) is 0 Å². The first-order valence-corrected chi connectivity index (χ1v) is 4.62. The predicted octanol–water partition coefficient (Wildman–Crippen LogP) is 0.821. The Morgan fingerprint density at radius 2 is 1.86 bits per heavy atom. The molecule has 0 bridgehead atoms. The number of carbonyl (C=O) groups excluding carboxylic acids is 1. The molecule has 0 saturated carbocycles. The molecule has 82 valence electrons. The lowest BCUT2D eigenvalue weighted by atomic mass is 10.3. The quantitative estimate of drug-likeness (QED) is 0.468. The molecule has 0 fully saturated rings. The van der Waals surface area contributed by atoms with Crippen molar-refractivity contribution in [3.63, 3.8) is 0 Å². The maximum absolute atomic E-state index is 10.8. The van der Waals surface area contributed by atoms with Crippen LogP contribution in [0.3, 0.4) is 0 Å². The summed E-state index contributed by atoms with van der Waals surface area (Å²) >= 11 is 0. The number of hydrogen-bond acceptors (Lipinski definition) is 4. The topological polar surface area (TPSA) is 72.8 Å². The SMILES string of the molecule is CCCOCCOC(=O)CCC(=O)O. The van der Waals surface area contributed by atoms with Crippen LogP contribution in [0.25, 0.3) is 0 Å². The lowest BCUT2D eigenvalue weighted by Crippen LogP contribution is -2.12.